The summed E-state index contributed by atoms with van der Waals surface area (Å²) in [5.41, 5.74) is 0.649. The molecule has 2 rings (SSSR count). The smallest absolute Gasteiger partial charge is 0.253 e. The zero-order chi connectivity index (χ0) is 15.1. The van der Waals surface area contributed by atoms with Crippen LogP contribution in [0.25, 0.3) is 0 Å². The van der Waals surface area contributed by atoms with Crippen LogP contribution in [0.15, 0.2) is 18.3 Å². The minimum Gasteiger partial charge on any atom is -0.370 e. The van der Waals surface area contributed by atoms with Crippen molar-refractivity contribution in [2.45, 2.75) is 58.4 Å². The summed E-state index contributed by atoms with van der Waals surface area (Å²) in [4.78, 5) is 16.6. The number of aromatic nitrogens is 1. The van der Waals surface area contributed by atoms with Crippen LogP contribution in [0.1, 0.15) is 62.7 Å². The highest BCUT2D eigenvalue weighted by atomic mass is 16.1. The van der Waals surface area contributed by atoms with Crippen molar-refractivity contribution in [3.05, 3.63) is 23.9 Å². The van der Waals surface area contributed by atoms with E-state index in [4.69, 9.17) is 0 Å². The van der Waals surface area contributed by atoms with E-state index in [1.807, 2.05) is 12.1 Å². The Labute approximate surface area is 127 Å². The summed E-state index contributed by atoms with van der Waals surface area (Å²) in [6, 6.07) is 4.05. The first-order valence-electron chi connectivity index (χ1n) is 8.23. The summed E-state index contributed by atoms with van der Waals surface area (Å²) in [5, 5.41) is 6.38. The fourth-order valence-corrected chi connectivity index (χ4v) is 2.95. The lowest BCUT2D eigenvalue weighted by molar-refractivity contribution is 0.0919. The van der Waals surface area contributed by atoms with Crippen LogP contribution in [0.2, 0.25) is 0 Å². The molecule has 0 aromatic carbocycles. The van der Waals surface area contributed by atoms with E-state index in [9.17, 15) is 4.79 Å². The first-order valence-corrected chi connectivity index (χ1v) is 8.23. The third-order valence-electron chi connectivity index (χ3n) is 4.28. The summed E-state index contributed by atoms with van der Waals surface area (Å²) in [7, 11) is 0. The topological polar surface area (TPSA) is 54.0 Å². The van der Waals surface area contributed by atoms with Crippen LogP contribution in [0.3, 0.4) is 0 Å². The van der Waals surface area contributed by atoms with Gasteiger partial charge in [-0.2, -0.15) is 0 Å². The van der Waals surface area contributed by atoms with Crippen molar-refractivity contribution in [1.82, 2.24) is 10.3 Å². The lowest BCUT2D eigenvalue weighted by atomic mass is 9.84. The summed E-state index contributed by atoms with van der Waals surface area (Å²) in [5.74, 6) is 1.60. The highest BCUT2D eigenvalue weighted by molar-refractivity contribution is 5.94. The minimum atomic E-state index is 0.00583. The van der Waals surface area contributed by atoms with Crippen LogP contribution in [0.5, 0.6) is 0 Å². The molecule has 2 N–H and O–H groups in total. The predicted octanol–water partition coefficient (Wildman–Crippen LogP) is 3.60. The van der Waals surface area contributed by atoms with E-state index >= 15 is 0 Å². The van der Waals surface area contributed by atoms with Crippen molar-refractivity contribution in [2.24, 2.45) is 5.92 Å². The second kappa shape index (κ2) is 8.01. The third kappa shape index (κ3) is 4.73. The van der Waals surface area contributed by atoms with Gasteiger partial charge in [-0.15, -0.1) is 0 Å². The van der Waals surface area contributed by atoms with Gasteiger partial charge >= 0.3 is 0 Å². The summed E-state index contributed by atoms with van der Waals surface area (Å²) < 4.78 is 0. The average molecular weight is 289 g/mol. The highest BCUT2D eigenvalue weighted by Crippen LogP contribution is 2.26. The number of anilines is 1. The van der Waals surface area contributed by atoms with Crippen LogP contribution < -0.4 is 10.6 Å². The quantitative estimate of drug-likeness (QED) is 0.841. The van der Waals surface area contributed by atoms with Crippen molar-refractivity contribution in [2.75, 3.05) is 11.9 Å². The molecule has 4 nitrogen and oxygen atoms in total. The Morgan fingerprint density at radius 3 is 2.86 bits per heavy atom. The molecule has 1 amide bonds. The Kier molecular flexibility index (Phi) is 6.03. The van der Waals surface area contributed by atoms with E-state index in [1.165, 1.54) is 19.3 Å². The van der Waals surface area contributed by atoms with Gasteiger partial charge < -0.3 is 10.6 Å². The van der Waals surface area contributed by atoms with Crippen molar-refractivity contribution in [3.63, 3.8) is 0 Å². The lowest BCUT2D eigenvalue weighted by Gasteiger charge is -2.29. The largest absolute Gasteiger partial charge is 0.370 e. The van der Waals surface area contributed by atoms with Crippen LogP contribution in [-0.4, -0.2) is 23.5 Å². The molecule has 2 atom stereocenters. The molecule has 0 spiro atoms. The van der Waals surface area contributed by atoms with Gasteiger partial charge in [-0.3, -0.25) is 4.79 Å². The molecule has 0 aliphatic heterocycles. The first kappa shape index (κ1) is 15.8. The Balaban J connectivity index is 1.87. The van der Waals surface area contributed by atoms with Crippen LogP contribution in [-0.2, 0) is 0 Å². The molecular formula is C17H27N3O. The van der Waals surface area contributed by atoms with Gasteiger partial charge in [-0.25, -0.2) is 4.98 Å². The zero-order valence-electron chi connectivity index (χ0n) is 13.2. The SMILES string of the molecule is CCCNc1ccc(C(=O)NC2CCCC(CC)C2)cn1. The summed E-state index contributed by atoms with van der Waals surface area (Å²) >= 11 is 0. The monoisotopic (exact) mass is 289 g/mol. The second-order valence-corrected chi connectivity index (χ2v) is 5.97. The van der Waals surface area contributed by atoms with E-state index in [1.54, 1.807) is 6.20 Å². The highest BCUT2D eigenvalue weighted by Gasteiger charge is 2.22. The first-order chi connectivity index (χ1) is 10.2. The molecule has 0 bridgehead atoms. The van der Waals surface area contributed by atoms with Crippen LogP contribution >= 0.6 is 0 Å². The van der Waals surface area contributed by atoms with E-state index in [0.29, 0.717) is 11.6 Å². The number of nitrogens with one attached hydrogen (secondary N) is 2. The average Bonchev–Trinajstić information content (AvgIpc) is 2.53. The van der Waals surface area contributed by atoms with Gasteiger partial charge in [0.15, 0.2) is 0 Å². The molecule has 21 heavy (non-hydrogen) atoms. The Hall–Kier alpha value is -1.58. The van der Waals surface area contributed by atoms with E-state index in [0.717, 1.165) is 37.5 Å². The van der Waals surface area contributed by atoms with E-state index < -0.39 is 0 Å². The van der Waals surface area contributed by atoms with E-state index in [2.05, 4.69) is 29.5 Å². The fraction of sp³-hybridized carbons (Fsp3) is 0.647. The zero-order valence-corrected chi connectivity index (χ0v) is 13.2. The molecule has 4 heteroatoms. The van der Waals surface area contributed by atoms with Gasteiger partial charge in [0.05, 0.1) is 5.56 Å². The van der Waals surface area contributed by atoms with Crippen LogP contribution in [0.4, 0.5) is 5.82 Å². The lowest BCUT2D eigenvalue weighted by Crippen LogP contribution is -2.38. The maximum absolute atomic E-state index is 12.3. The fourth-order valence-electron chi connectivity index (χ4n) is 2.95. The Bertz CT molecular complexity index is 444. The molecule has 1 saturated carbocycles. The molecule has 0 saturated heterocycles. The molecule has 0 radical (unpaired) electrons. The van der Waals surface area contributed by atoms with Gasteiger partial charge in [-0.05, 0) is 37.3 Å². The second-order valence-electron chi connectivity index (χ2n) is 5.97. The van der Waals surface area contributed by atoms with Gasteiger partial charge in [0.25, 0.3) is 5.91 Å². The third-order valence-corrected chi connectivity index (χ3v) is 4.28. The number of carbonyl (C=O) groups is 1. The standard InChI is InChI=1S/C17H27N3O/c1-3-10-18-16-9-8-14(12-19-16)17(21)20-15-7-5-6-13(4-2)11-15/h8-9,12-13,15H,3-7,10-11H2,1-2H3,(H,18,19)(H,20,21). The molecule has 1 aliphatic carbocycles. The number of pyridine rings is 1. The molecule has 1 fully saturated rings. The molecule has 2 unspecified atom stereocenters. The molecular weight excluding hydrogens is 262 g/mol. The number of hydrogen-bond acceptors (Lipinski definition) is 3. The normalized spacial score (nSPS) is 21.8. The Morgan fingerprint density at radius 1 is 1.33 bits per heavy atom. The van der Waals surface area contributed by atoms with E-state index in [-0.39, 0.29) is 5.91 Å². The van der Waals surface area contributed by atoms with Crippen molar-refractivity contribution in [1.29, 1.82) is 0 Å². The maximum atomic E-state index is 12.3. The number of hydrogen-bond donors (Lipinski definition) is 2. The molecule has 1 aromatic heterocycles. The maximum Gasteiger partial charge on any atom is 0.253 e. The van der Waals surface area contributed by atoms with Gasteiger partial charge in [0.2, 0.25) is 0 Å². The van der Waals surface area contributed by atoms with Gasteiger partial charge in [0, 0.05) is 18.8 Å². The minimum absolute atomic E-state index is 0.00583. The molecule has 116 valence electrons. The van der Waals surface area contributed by atoms with Gasteiger partial charge in [-0.1, -0.05) is 33.1 Å². The predicted molar refractivity (Wildman–Crippen MR) is 86.5 cm³/mol. The van der Waals surface area contributed by atoms with Crippen molar-refractivity contribution in [3.8, 4) is 0 Å². The molecule has 1 aliphatic rings. The van der Waals surface area contributed by atoms with Crippen molar-refractivity contribution >= 4 is 11.7 Å². The van der Waals surface area contributed by atoms with Crippen molar-refractivity contribution < 1.29 is 4.79 Å². The molecule has 1 heterocycles. The number of carbonyl (C=O) groups excluding carboxylic acids is 1. The summed E-state index contributed by atoms with van der Waals surface area (Å²) in [6.07, 6.45) is 8.69. The molecule has 1 aromatic rings. The van der Waals surface area contributed by atoms with Gasteiger partial charge in [0.1, 0.15) is 5.82 Å². The number of nitrogens with zero attached hydrogens (tertiary/aromatic N) is 1. The number of rotatable bonds is 6. The summed E-state index contributed by atoms with van der Waals surface area (Å²) in [6.45, 7) is 5.25. The Morgan fingerprint density at radius 2 is 2.19 bits per heavy atom. The van der Waals surface area contributed by atoms with Crippen LogP contribution in [0, 0.1) is 5.92 Å². The number of amides is 1.